The highest BCUT2D eigenvalue weighted by Crippen LogP contribution is 2.21. The fraction of sp³-hybridized carbons (Fsp3) is 0.316. The lowest BCUT2D eigenvalue weighted by atomic mass is 10.2. The number of nitrogens with one attached hydrogen (secondary N) is 1. The maximum Gasteiger partial charge on any atom is 0.227 e. The van der Waals surface area contributed by atoms with Crippen LogP contribution in [-0.2, 0) is 11.2 Å². The van der Waals surface area contributed by atoms with Crippen LogP contribution in [0, 0.1) is 0 Å². The summed E-state index contributed by atoms with van der Waals surface area (Å²) in [6.07, 6.45) is 2.55. The van der Waals surface area contributed by atoms with E-state index in [0.717, 1.165) is 23.5 Å². The number of thiophene rings is 1. The summed E-state index contributed by atoms with van der Waals surface area (Å²) in [6, 6.07) is 13.6. The molecule has 0 bridgehead atoms. The molecule has 0 atom stereocenters. The Balaban J connectivity index is 1.26. The minimum atomic E-state index is -0.00940. The van der Waals surface area contributed by atoms with Crippen molar-refractivity contribution in [3.05, 3.63) is 53.7 Å². The number of amides is 1. The second kappa shape index (κ2) is 9.72. The molecule has 3 rings (SSSR count). The monoisotopic (exact) mass is 371 g/mol. The van der Waals surface area contributed by atoms with Gasteiger partial charge in [-0.15, -0.1) is 11.3 Å². The number of unbranched alkanes of at least 4 members (excludes halogenated alkanes) is 1. The van der Waals surface area contributed by atoms with E-state index in [-0.39, 0.29) is 5.91 Å². The van der Waals surface area contributed by atoms with E-state index in [4.69, 9.17) is 9.26 Å². The maximum absolute atomic E-state index is 11.9. The highest BCUT2D eigenvalue weighted by atomic mass is 32.1. The molecule has 2 heterocycles. The van der Waals surface area contributed by atoms with E-state index < -0.39 is 0 Å². The number of aryl methyl sites for hydroxylation is 1. The SMILES string of the molecule is O=C(CCc1nc(-c2cccs2)no1)NCCCCOc1ccccc1. The smallest absolute Gasteiger partial charge is 0.227 e. The first kappa shape index (κ1) is 18.1. The van der Waals surface area contributed by atoms with Crippen molar-refractivity contribution in [1.29, 1.82) is 0 Å². The van der Waals surface area contributed by atoms with Gasteiger partial charge in [-0.3, -0.25) is 4.79 Å². The molecule has 1 aromatic carbocycles. The van der Waals surface area contributed by atoms with Crippen LogP contribution in [-0.4, -0.2) is 29.2 Å². The normalized spacial score (nSPS) is 10.6. The minimum absolute atomic E-state index is 0.00940. The number of para-hydroxylation sites is 1. The molecule has 0 saturated carbocycles. The van der Waals surface area contributed by atoms with Crippen LogP contribution in [0.1, 0.15) is 25.2 Å². The summed E-state index contributed by atoms with van der Waals surface area (Å²) in [5.41, 5.74) is 0. The standard InChI is InChI=1S/C19H21N3O3S/c23-17(20-12-4-5-13-24-15-7-2-1-3-8-15)10-11-18-21-19(22-25-18)16-9-6-14-26-16/h1-3,6-9,14H,4-5,10-13H2,(H,20,23). The summed E-state index contributed by atoms with van der Waals surface area (Å²) in [6.45, 7) is 1.29. The number of benzene rings is 1. The molecule has 2 aromatic heterocycles. The third-order valence-electron chi connectivity index (χ3n) is 3.68. The van der Waals surface area contributed by atoms with Crippen LogP contribution in [0.4, 0.5) is 0 Å². The fourth-order valence-electron chi connectivity index (χ4n) is 2.33. The van der Waals surface area contributed by atoms with Crippen LogP contribution in [0.3, 0.4) is 0 Å². The minimum Gasteiger partial charge on any atom is -0.494 e. The van der Waals surface area contributed by atoms with E-state index in [1.807, 2.05) is 47.8 Å². The van der Waals surface area contributed by atoms with Gasteiger partial charge in [-0.05, 0) is 36.4 Å². The largest absolute Gasteiger partial charge is 0.494 e. The molecule has 0 radical (unpaired) electrons. The molecule has 136 valence electrons. The number of hydrogen-bond acceptors (Lipinski definition) is 6. The molecule has 7 heteroatoms. The molecule has 0 saturated heterocycles. The number of hydrogen-bond donors (Lipinski definition) is 1. The lowest BCUT2D eigenvalue weighted by molar-refractivity contribution is -0.121. The van der Waals surface area contributed by atoms with Gasteiger partial charge in [-0.1, -0.05) is 29.4 Å². The highest BCUT2D eigenvalue weighted by Gasteiger charge is 2.11. The number of ether oxygens (including phenoxy) is 1. The molecule has 0 aliphatic heterocycles. The Hall–Kier alpha value is -2.67. The van der Waals surface area contributed by atoms with Crippen LogP contribution >= 0.6 is 11.3 Å². The Kier molecular flexibility index (Phi) is 6.78. The van der Waals surface area contributed by atoms with Gasteiger partial charge in [0.2, 0.25) is 17.6 Å². The van der Waals surface area contributed by atoms with Gasteiger partial charge in [0.15, 0.2) is 0 Å². The molecule has 0 aliphatic rings. The number of rotatable bonds is 10. The summed E-state index contributed by atoms with van der Waals surface area (Å²) in [5, 5.41) is 8.80. The van der Waals surface area contributed by atoms with Crippen LogP contribution in [0.5, 0.6) is 5.75 Å². The van der Waals surface area contributed by atoms with E-state index in [1.165, 1.54) is 0 Å². The summed E-state index contributed by atoms with van der Waals surface area (Å²) >= 11 is 1.56. The first-order valence-electron chi connectivity index (χ1n) is 8.62. The highest BCUT2D eigenvalue weighted by molar-refractivity contribution is 7.13. The summed E-state index contributed by atoms with van der Waals surface area (Å²) in [7, 11) is 0. The molecular weight excluding hydrogens is 350 g/mol. The molecule has 3 aromatic rings. The van der Waals surface area contributed by atoms with E-state index in [1.54, 1.807) is 11.3 Å². The van der Waals surface area contributed by atoms with Crippen LogP contribution < -0.4 is 10.1 Å². The van der Waals surface area contributed by atoms with Crippen molar-refractivity contribution in [2.24, 2.45) is 0 Å². The summed E-state index contributed by atoms with van der Waals surface area (Å²) in [5.74, 6) is 1.93. The molecule has 26 heavy (non-hydrogen) atoms. The Bertz CT molecular complexity index is 787. The van der Waals surface area contributed by atoms with Gasteiger partial charge in [0.05, 0.1) is 11.5 Å². The lowest BCUT2D eigenvalue weighted by Crippen LogP contribution is -2.25. The average molecular weight is 371 g/mol. The molecular formula is C19H21N3O3S. The van der Waals surface area contributed by atoms with Crippen molar-refractivity contribution in [2.45, 2.75) is 25.7 Å². The quantitative estimate of drug-likeness (QED) is 0.550. The Labute approximate surface area is 156 Å². The van der Waals surface area contributed by atoms with Gasteiger partial charge in [0.25, 0.3) is 0 Å². The molecule has 6 nitrogen and oxygen atoms in total. The number of aromatic nitrogens is 2. The topological polar surface area (TPSA) is 77.2 Å². The van der Waals surface area contributed by atoms with E-state index in [2.05, 4.69) is 15.5 Å². The molecule has 0 aliphatic carbocycles. The Morgan fingerprint density at radius 2 is 2.04 bits per heavy atom. The van der Waals surface area contributed by atoms with Gasteiger partial charge < -0.3 is 14.6 Å². The summed E-state index contributed by atoms with van der Waals surface area (Å²) in [4.78, 5) is 17.1. The van der Waals surface area contributed by atoms with Crippen LogP contribution in [0.25, 0.3) is 10.7 Å². The van der Waals surface area contributed by atoms with Crippen molar-refractivity contribution in [2.75, 3.05) is 13.2 Å². The van der Waals surface area contributed by atoms with E-state index in [0.29, 0.717) is 37.7 Å². The first-order valence-corrected chi connectivity index (χ1v) is 9.50. The van der Waals surface area contributed by atoms with Crippen molar-refractivity contribution in [3.8, 4) is 16.5 Å². The second-order valence-corrected chi connectivity index (χ2v) is 6.66. The number of carbonyl (C=O) groups excluding carboxylic acids is 1. The van der Waals surface area contributed by atoms with Crippen molar-refractivity contribution >= 4 is 17.2 Å². The Morgan fingerprint density at radius 3 is 2.85 bits per heavy atom. The van der Waals surface area contributed by atoms with Gasteiger partial charge in [0, 0.05) is 19.4 Å². The third-order valence-corrected chi connectivity index (χ3v) is 4.55. The molecule has 0 unspecified atom stereocenters. The predicted molar refractivity (Wildman–Crippen MR) is 100 cm³/mol. The van der Waals surface area contributed by atoms with Gasteiger partial charge in [-0.25, -0.2) is 0 Å². The predicted octanol–water partition coefficient (Wildman–Crippen LogP) is 3.71. The number of carbonyl (C=O) groups is 1. The van der Waals surface area contributed by atoms with Gasteiger partial charge in [0.1, 0.15) is 5.75 Å². The molecule has 1 amide bonds. The first-order chi connectivity index (χ1) is 12.8. The van der Waals surface area contributed by atoms with Gasteiger partial charge in [-0.2, -0.15) is 4.98 Å². The van der Waals surface area contributed by atoms with Crippen molar-refractivity contribution in [1.82, 2.24) is 15.5 Å². The Morgan fingerprint density at radius 1 is 1.15 bits per heavy atom. The average Bonchev–Trinajstić information content (AvgIpc) is 3.35. The zero-order valence-electron chi connectivity index (χ0n) is 14.4. The number of nitrogens with zero attached hydrogens (tertiary/aromatic N) is 2. The third kappa shape index (κ3) is 5.70. The lowest BCUT2D eigenvalue weighted by Gasteiger charge is -2.06. The van der Waals surface area contributed by atoms with E-state index >= 15 is 0 Å². The summed E-state index contributed by atoms with van der Waals surface area (Å²) < 4.78 is 10.8. The zero-order valence-corrected chi connectivity index (χ0v) is 15.2. The van der Waals surface area contributed by atoms with Crippen LogP contribution in [0.15, 0.2) is 52.4 Å². The maximum atomic E-state index is 11.9. The van der Waals surface area contributed by atoms with Crippen molar-refractivity contribution < 1.29 is 14.1 Å². The molecule has 0 fully saturated rings. The zero-order chi connectivity index (χ0) is 18.0. The van der Waals surface area contributed by atoms with E-state index in [9.17, 15) is 4.79 Å². The van der Waals surface area contributed by atoms with Gasteiger partial charge >= 0.3 is 0 Å². The molecule has 1 N–H and O–H groups in total. The fourth-order valence-corrected chi connectivity index (χ4v) is 2.98. The second-order valence-electron chi connectivity index (χ2n) is 5.71. The molecule has 0 spiro atoms. The van der Waals surface area contributed by atoms with Crippen molar-refractivity contribution in [3.63, 3.8) is 0 Å². The van der Waals surface area contributed by atoms with Crippen LogP contribution in [0.2, 0.25) is 0 Å².